The number of ether oxygens (including phenoxy) is 2. The van der Waals surface area contributed by atoms with Gasteiger partial charge >= 0.3 is 11.9 Å². The van der Waals surface area contributed by atoms with Crippen LogP contribution in [0.15, 0.2) is 36.0 Å². The second-order valence-electron chi connectivity index (χ2n) is 3.92. The van der Waals surface area contributed by atoms with Gasteiger partial charge in [0.1, 0.15) is 6.10 Å². The van der Waals surface area contributed by atoms with E-state index in [9.17, 15) is 19.8 Å². The second-order valence-corrected chi connectivity index (χ2v) is 3.92. The van der Waals surface area contributed by atoms with Crippen LogP contribution in [0.2, 0.25) is 0 Å². The third-order valence-corrected chi connectivity index (χ3v) is 2.56. The van der Waals surface area contributed by atoms with Gasteiger partial charge in [0.25, 0.3) is 0 Å². The molecule has 2 atom stereocenters. The summed E-state index contributed by atoms with van der Waals surface area (Å²) in [5.41, 5.74) is 0.0874. The van der Waals surface area contributed by atoms with Crippen LogP contribution in [0.1, 0.15) is 10.4 Å². The molecule has 0 spiro atoms. The third kappa shape index (κ3) is 2.60. The number of rotatable bonds is 4. The maximum atomic E-state index is 11.8. The molecule has 1 aliphatic heterocycles. The number of esters is 2. The quantitative estimate of drug-likeness (QED) is 0.618. The Morgan fingerprint density at radius 1 is 1.55 bits per heavy atom. The summed E-state index contributed by atoms with van der Waals surface area (Å²) in [6, 6.07) is 2.92. The molecule has 2 heterocycles. The molecule has 2 rings (SSSR count). The van der Waals surface area contributed by atoms with Crippen molar-refractivity contribution in [3.05, 3.63) is 41.6 Å². The molecule has 8 heteroatoms. The van der Waals surface area contributed by atoms with Crippen molar-refractivity contribution in [2.24, 2.45) is 0 Å². The average Bonchev–Trinajstić information content (AvgIpc) is 2.75. The first kappa shape index (κ1) is 14.0. The van der Waals surface area contributed by atoms with Gasteiger partial charge in [0.05, 0.1) is 12.2 Å². The highest BCUT2D eigenvalue weighted by Gasteiger charge is 2.41. The van der Waals surface area contributed by atoms with Crippen molar-refractivity contribution in [3.63, 3.8) is 0 Å². The second kappa shape index (κ2) is 5.68. The SMILES string of the molecule is O=C1O[C@H]([C@@H](O)CO)C(OC(=O)c2cccnc2)=C1O. The van der Waals surface area contributed by atoms with E-state index in [0.29, 0.717) is 0 Å². The first-order valence-electron chi connectivity index (χ1n) is 5.60. The van der Waals surface area contributed by atoms with Gasteiger partial charge in [0.15, 0.2) is 6.10 Å². The van der Waals surface area contributed by atoms with Gasteiger partial charge in [-0.15, -0.1) is 0 Å². The molecule has 0 radical (unpaired) electrons. The van der Waals surface area contributed by atoms with Gasteiger partial charge in [0, 0.05) is 12.4 Å². The monoisotopic (exact) mass is 281 g/mol. The van der Waals surface area contributed by atoms with Crippen LogP contribution in [0.25, 0.3) is 0 Å². The smallest absolute Gasteiger partial charge is 0.378 e. The van der Waals surface area contributed by atoms with E-state index in [-0.39, 0.29) is 5.56 Å². The van der Waals surface area contributed by atoms with Gasteiger partial charge in [-0.3, -0.25) is 4.98 Å². The zero-order valence-electron chi connectivity index (χ0n) is 10.1. The minimum Gasteiger partial charge on any atom is -0.499 e. The highest BCUT2D eigenvalue weighted by molar-refractivity contribution is 5.93. The molecule has 20 heavy (non-hydrogen) atoms. The standard InChI is InChI=1S/C12H11NO7/c14-5-7(15)9-10(8(16)12(18)19-9)20-11(17)6-2-1-3-13-4-6/h1-4,7,9,14-16H,5H2/t7-,9+/m0/s1. The largest absolute Gasteiger partial charge is 0.499 e. The van der Waals surface area contributed by atoms with Crippen molar-refractivity contribution < 1.29 is 34.4 Å². The van der Waals surface area contributed by atoms with Gasteiger partial charge in [0.2, 0.25) is 11.5 Å². The maximum Gasteiger partial charge on any atom is 0.378 e. The van der Waals surface area contributed by atoms with Crippen molar-refractivity contribution in [1.82, 2.24) is 4.98 Å². The maximum absolute atomic E-state index is 11.8. The Labute approximate surface area is 112 Å². The van der Waals surface area contributed by atoms with Crippen molar-refractivity contribution in [3.8, 4) is 0 Å². The molecule has 0 amide bonds. The van der Waals surface area contributed by atoms with E-state index in [0.717, 1.165) is 0 Å². The zero-order valence-corrected chi connectivity index (χ0v) is 10.1. The first-order chi connectivity index (χ1) is 9.54. The van der Waals surface area contributed by atoms with Crippen molar-refractivity contribution >= 4 is 11.9 Å². The van der Waals surface area contributed by atoms with Crippen LogP contribution in [-0.4, -0.2) is 51.1 Å². The minimum atomic E-state index is -1.51. The Bertz CT molecular complexity index is 554. The number of aromatic nitrogens is 1. The number of carbonyl (C=O) groups is 2. The van der Waals surface area contributed by atoms with E-state index >= 15 is 0 Å². The molecular formula is C12H11NO7. The number of cyclic esters (lactones) is 1. The summed E-state index contributed by atoms with van der Waals surface area (Å²) in [6.45, 7) is -0.737. The van der Waals surface area contributed by atoms with E-state index < -0.39 is 42.3 Å². The molecule has 0 fully saturated rings. The summed E-state index contributed by atoms with van der Waals surface area (Å²) >= 11 is 0. The number of aliphatic hydroxyl groups excluding tert-OH is 3. The minimum absolute atomic E-state index is 0.0874. The van der Waals surface area contributed by atoms with Gasteiger partial charge in [-0.1, -0.05) is 0 Å². The molecule has 1 aromatic rings. The predicted octanol–water partition coefficient (Wildman–Crippen LogP) is -0.713. The molecule has 1 aliphatic rings. The number of carbonyl (C=O) groups excluding carboxylic acids is 2. The van der Waals surface area contributed by atoms with Crippen molar-refractivity contribution in [1.29, 1.82) is 0 Å². The van der Waals surface area contributed by atoms with E-state index in [1.165, 1.54) is 24.5 Å². The predicted molar refractivity (Wildman–Crippen MR) is 62.3 cm³/mol. The topological polar surface area (TPSA) is 126 Å². The molecule has 1 aromatic heterocycles. The van der Waals surface area contributed by atoms with Gasteiger partial charge < -0.3 is 24.8 Å². The third-order valence-electron chi connectivity index (χ3n) is 2.56. The summed E-state index contributed by atoms with van der Waals surface area (Å²) in [4.78, 5) is 26.7. The van der Waals surface area contributed by atoms with E-state index in [1.807, 2.05) is 0 Å². The number of nitrogens with zero attached hydrogens (tertiary/aromatic N) is 1. The Morgan fingerprint density at radius 2 is 2.30 bits per heavy atom. The molecule has 8 nitrogen and oxygen atoms in total. The number of hydrogen-bond donors (Lipinski definition) is 3. The van der Waals surface area contributed by atoms with Crippen molar-refractivity contribution in [2.75, 3.05) is 6.61 Å². The summed E-state index contributed by atoms with van der Waals surface area (Å²) in [5.74, 6) is -3.48. The highest BCUT2D eigenvalue weighted by atomic mass is 16.6. The summed E-state index contributed by atoms with van der Waals surface area (Å²) in [7, 11) is 0. The van der Waals surface area contributed by atoms with Crippen LogP contribution in [0.3, 0.4) is 0 Å². The van der Waals surface area contributed by atoms with Crippen LogP contribution >= 0.6 is 0 Å². The summed E-state index contributed by atoms with van der Waals surface area (Å²) < 4.78 is 9.46. The Balaban J connectivity index is 2.21. The fourth-order valence-electron chi connectivity index (χ4n) is 1.56. The fraction of sp³-hybridized carbons (Fsp3) is 0.250. The number of aliphatic hydroxyl groups is 3. The Kier molecular flexibility index (Phi) is 3.97. The molecular weight excluding hydrogens is 270 g/mol. The van der Waals surface area contributed by atoms with Crippen LogP contribution < -0.4 is 0 Å². The van der Waals surface area contributed by atoms with E-state index in [1.54, 1.807) is 0 Å². The summed E-state index contributed by atoms with van der Waals surface area (Å²) in [6.07, 6.45) is -0.267. The number of hydrogen-bond acceptors (Lipinski definition) is 8. The van der Waals surface area contributed by atoms with E-state index in [4.69, 9.17) is 9.84 Å². The van der Waals surface area contributed by atoms with Crippen LogP contribution in [-0.2, 0) is 14.3 Å². The normalized spacial score (nSPS) is 19.7. The first-order valence-corrected chi connectivity index (χ1v) is 5.60. The average molecular weight is 281 g/mol. The van der Waals surface area contributed by atoms with Crippen molar-refractivity contribution in [2.45, 2.75) is 12.2 Å². The molecule has 0 saturated carbocycles. The highest BCUT2D eigenvalue weighted by Crippen LogP contribution is 2.25. The molecule has 0 bridgehead atoms. The van der Waals surface area contributed by atoms with Crippen LogP contribution in [0, 0.1) is 0 Å². The van der Waals surface area contributed by atoms with Crippen LogP contribution in [0.4, 0.5) is 0 Å². The fourth-order valence-corrected chi connectivity index (χ4v) is 1.56. The van der Waals surface area contributed by atoms with E-state index in [2.05, 4.69) is 9.72 Å². The lowest BCUT2D eigenvalue weighted by Gasteiger charge is -2.17. The molecule has 0 unspecified atom stereocenters. The Morgan fingerprint density at radius 3 is 2.90 bits per heavy atom. The van der Waals surface area contributed by atoms with Gasteiger partial charge in [-0.05, 0) is 12.1 Å². The van der Waals surface area contributed by atoms with Gasteiger partial charge in [-0.25, -0.2) is 9.59 Å². The molecule has 3 N–H and O–H groups in total. The lowest BCUT2D eigenvalue weighted by atomic mass is 10.2. The lowest BCUT2D eigenvalue weighted by Crippen LogP contribution is -2.33. The molecule has 0 aliphatic carbocycles. The lowest BCUT2D eigenvalue weighted by molar-refractivity contribution is -0.147. The zero-order chi connectivity index (χ0) is 14.7. The Hall–Kier alpha value is -2.45. The number of pyridine rings is 1. The molecule has 106 valence electrons. The summed E-state index contributed by atoms with van der Waals surface area (Å²) in [5, 5.41) is 27.8. The molecule has 0 saturated heterocycles. The van der Waals surface area contributed by atoms with Crippen LogP contribution in [0.5, 0.6) is 0 Å². The van der Waals surface area contributed by atoms with Gasteiger partial charge in [-0.2, -0.15) is 0 Å². The molecule has 0 aromatic carbocycles.